The van der Waals surface area contributed by atoms with Crippen LogP contribution in [0.5, 0.6) is 0 Å². The van der Waals surface area contributed by atoms with Crippen molar-refractivity contribution in [2.75, 3.05) is 21.3 Å². The van der Waals surface area contributed by atoms with Gasteiger partial charge in [0.2, 0.25) is 5.41 Å². The van der Waals surface area contributed by atoms with Crippen molar-refractivity contribution in [2.45, 2.75) is 24.9 Å². The average Bonchev–Trinajstić information content (AvgIpc) is 2.14. The zero-order chi connectivity index (χ0) is 9.61. The molecule has 0 fully saturated rings. The summed E-state index contributed by atoms with van der Waals surface area (Å²) >= 11 is 0. The van der Waals surface area contributed by atoms with Crippen LogP contribution in [0.4, 0.5) is 0 Å². The van der Waals surface area contributed by atoms with E-state index >= 15 is 0 Å². The molecule has 0 aliphatic heterocycles. The SMILES string of the molecule is CCC(OC)C(OC)(OC)[Si]O. The van der Waals surface area contributed by atoms with Gasteiger partial charge >= 0.3 is 9.76 Å². The van der Waals surface area contributed by atoms with Crippen molar-refractivity contribution in [1.29, 1.82) is 0 Å². The Hall–Kier alpha value is 0.0569. The molecule has 0 rings (SSSR count). The van der Waals surface area contributed by atoms with Gasteiger partial charge in [0.15, 0.2) is 0 Å². The van der Waals surface area contributed by atoms with Gasteiger partial charge in [-0.15, -0.1) is 0 Å². The summed E-state index contributed by atoms with van der Waals surface area (Å²) in [5.74, 6) is 0. The van der Waals surface area contributed by atoms with E-state index in [9.17, 15) is 0 Å². The lowest BCUT2D eigenvalue weighted by atomic mass is 10.2. The van der Waals surface area contributed by atoms with Gasteiger partial charge in [-0.25, -0.2) is 0 Å². The maximum absolute atomic E-state index is 9.11. The number of rotatable bonds is 6. The lowest BCUT2D eigenvalue weighted by molar-refractivity contribution is -0.215. The largest absolute Gasteiger partial charge is 0.428 e. The Balaban J connectivity index is 4.42. The summed E-state index contributed by atoms with van der Waals surface area (Å²) in [4.78, 5) is 9.11. The fraction of sp³-hybridized carbons (Fsp3) is 1.00. The van der Waals surface area contributed by atoms with Crippen molar-refractivity contribution in [3.8, 4) is 0 Å². The molecule has 12 heavy (non-hydrogen) atoms. The lowest BCUT2D eigenvalue weighted by Gasteiger charge is -2.34. The molecule has 4 nitrogen and oxygen atoms in total. The molecule has 0 aliphatic rings. The quantitative estimate of drug-likeness (QED) is 0.474. The van der Waals surface area contributed by atoms with Crippen LogP contribution < -0.4 is 0 Å². The third kappa shape index (κ3) is 2.27. The predicted octanol–water partition coefficient (Wildman–Crippen LogP) is -0.0305. The van der Waals surface area contributed by atoms with Gasteiger partial charge in [-0.05, 0) is 6.42 Å². The van der Waals surface area contributed by atoms with Crippen LogP contribution in [0.25, 0.3) is 0 Å². The first kappa shape index (κ1) is 12.1. The van der Waals surface area contributed by atoms with Crippen molar-refractivity contribution in [3.05, 3.63) is 0 Å². The van der Waals surface area contributed by atoms with Gasteiger partial charge in [0.05, 0.1) is 0 Å². The van der Waals surface area contributed by atoms with Gasteiger partial charge in [0.1, 0.15) is 6.10 Å². The molecule has 0 heterocycles. The fourth-order valence-corrected chi connectivity index (χ4v) is 1.75. The third-order valence-corrected chi connectivity index (χ3v) is 2.88. The van der Waals surface area contributed by atoms with E-state index < -0.39 is 15.2 Å². The molecule has 5 heteroatoms. The fourth-order valence-electron chi connectivity index (χ4n) is 1.10. The average molecular weight is 192 g/mol. The van der Waals surface area contributed by atoms with Crippen molar-refractivity contribution in [2.24, 2.45) is 0 Å². The summed E-state index contributed by atoms with van der Waals surface area (Å²) in [7, 11) is 4.10. The van der Waals surface area contributed by atoms with Crippen LogP contribution in [0.15, 0.2) is 0 Å². The van der Waals surface area contributed by atoms with Crippen LogP contribution in [0.3, 0.4) is 0 Å². The summed E-state index contributed by atoms with van der Waals surface area (Å²) in [6.45, 7) is 1.95. The number of hydrogen-bond acceptors (Lipinski definition) is 4. The van der Waals surface area contributed by atoms with Gasteiger partial charge in [-0.1, -0.05) is 6.92 Å². The zero-order valence-corrected chi connectivity index (χ0v) is 8.96. The van der Waals surface area contributed by atoms with Gasteiger partial charge in [0.25, 0.3) is 0 Å². The Bertz CT molecular complexity index is 104. The zero-order valence-electron chi connectivity index (χ0n) is 7.96. The molecule has 2 radical (unpaired) electrons. The van der Waals surface area contributed by atoms with Crippen molar-refractivity contribution in [3.63, 3.8) is 0 Å². The number of methoxy groups -OCH3 is 3. The van der Waals surface area contributed by atoms with Crippen LogP contribution in [-0.2, 0) is 14.2 Å². The van der Waals surface area contributed by atoms with E-state index in [0.29, 0.717) is 0 Å². The molecule has 1 N–H and O–H groups in total. The molecule has 0 aromatic carbocycles. The Morgan fingerprint density at radius 1 is 1.33 bits per heavy atom. The van der Waals surface area contributed by atoms with Crippen LogP contribution in [0.1, 0.15) is 13.3 Å². The van der Waals surface area contributed by atoms with E-state index in [0.717, 1.165) is 6.42 Å². The molecule has 0 spiro atoms. The predicted molar refractivity (Wildman–Crippen MR) is 45.8 cm³/mol. The maximum Gasteiger partial charge on any atom is 0.304 e. The van der Waals surface area contributed by atoms with Crippen LogP contribution in [0.2, 0.25) is 0 Å². The monoisotopic (exact) mass is 192 g/mol. The molecule has 1 atom stereocenters. The van der Waals surface area contributed by atoms with Crippen molar-refractivity contribution < 1.29 is 19.0 Å². The van der Waals surface area contributed by atoms with E-state index in [1.54, 1.807) is 7.11 Å². The first-order chi connectivity index (χ1) is 5.70. The number of ether oxygens (including phenoxy) is 3. The molecular weight excluding hydrogens is 176 g/mol. The van der Waals surface area contributed by atoms with Gasteiger partial charge in [-0.2, -0.15) is 0 Å². The maximum atomic E-state index is 9.11. The molecule has 72 valence electrons. The van der Waals surface area contributed by atoms with E-state index in [-0.39, 0.29) is 6.10 Å². The molecule has 0 amide bonds. The van der Waals surface area contributed by atoms with E-state index in [1.807, 2.05) is 6.92 Å². The molecule has 0 saturated carbocycles. The van der Waals surface area contributed by atoms with E-state index in [4.69, 9.17) is 19.0 Å². The molecule has 0 bridgehead atoms. The van der Waals surface area contributed by atoms with Gasteiger partial charge in [-0.3, -0.25) is 0 Å². The van der Waals surface area contributed by atoms with Crippen LogP contribution in [-0.4, -0.2) is 47.4 Å². The highest BCUT2D eigenvalue weighted by Gasteiger charge is 2.39. The summed E-state index contributed by atoms with van der Waals surface area (Å²) in [6, 6.07) is 0. The normalized spacial score (nSPS) is 14.8. The second-order valence-corrected chi connectivity index (χ2v) is 3.24. The van der Waals surface area contributed by atoms with Crippen molar-refractivity contribution in [1.82, 2.24) is 0 Å². The van der Waals surface area contributed by atoms with Gasteiger partial charge < -0.3 is 19.0 Å². The Morgan fingerprint density at radius 2 is 1.83 bits per heavy atom. The standard InChI is InChI=1S/C7H16O4Si/c1-5-6(9-2)7(10-3,11-4)12-8/h6,8H,5H2,1-4H3. The smallest absolute Gasteiger partial charge is 0.304 e. The molecule has 1 unspecified atom stereocenters. The van der Waals surface area contributed by atoms with Crippen LogP contribution >= 0.6 is 0 Å². The highest BCUT2D eigenvalue weighted by atomic mass is 28.2. The molecule has 0 saturated heterocycles. The first-order valence-corrected chi connectivity index (χ1v) is 4.69. The highest BCUT2D eigenvalue weighted by Crippen LogP contribution is 2.19. The molecule has 0 aromatic rings. The minimum Gasteiger partial charge on any atom is -0.428 e. The molecule has 0 aliphatic carbocycles. The second kappa shape index (κ2) is 5.66. The third-order valence-electron chi connectivity index (χ3n) is 1.84. The molecular formula is C7H16O4Si. The summed E-state index contributed by atoms with van der Waals surface area (Å²) in [5, 5.41) is 0. The number of hydrogen-bond donors (Lipinski definition) is 1. The summed E-state index contributed by atoms with van der Waals surface area (Å²) < 4.78 is 15.3. The van der Waals surface area contributed by atoms with Crippen molar-refractivity contribution >= 4 is 9.76 Å². The topological polar surface area (TPSA) is 47.9 Å². The Labute approximate surface area is 75.8 Å². The lowest BCUT2D eigenvalue weighted by Crippen LogP contribution is -2.51. The minimum absolute atomic E-state index is 0.240. The van der Waals surface area contributed by atoms with E-state index in [1.165, 1.54) is 14.2 Å². The van der Waals surface area contributed by atoms with Gasteiger partial charge in [0, 0.05) is 21.3 Å². The molecule has 0 aromatic heterocycles. The Kier molecular flexibility index (Phi) is 5.69. The minimum atomic E-state index is -0.997. The van der Waals surface area contributed by atoms with Crippen LogP contribution in [0, 0.1) is 0 Å². The highest BCUT2D eigenvalue weighted by molar-refractivity contribution is 6.29. The second-order valence-electron chi connectivity index (χ2n) is 2.32. The first-order valence-electron chi connectivity index (χ1n) is 3.75. The van der Waals surface area contributed by atoms with E-state index in [2.05, 4.69) is 0 Å². The summed E-state index contributed by atoms with van der Waals surface area (Å²) in [5.41, 5.74) is -0.997. The summed E-state index contributed by atoms with van der Waals surface area (Å²) in [6.07, 6.45) is 0.488. The Morgan fingerprint density at radius 3 is 1.92 bits per heavy atom.